The van der Waals surface area contributed by atoms with Gasteiger partial charge in [-0.2, -0.15) is 0 Å². The van der Waals surface area contributed by atoms with E-state index in [9.17, 15) is 24.0 Å². The third-order valence-corrected chi connectivity index (χ3v) is 9.90. The molecule has 0 bridgehead atoms. The van der Waals surface area contributed by atoms with Gasteiger partial charge in [-0.1, -0.05) is 97.1 Å². The number of carbonyl (C=O) groups is 5. The van der Waals surface area contributed by atoms with Crippen molar-refractivity contribution in [2.24, 2.45) is 17.8 Å². The second-order valence-corrected chi connectivity index (χ2v) is 13.6. The molecule has 1 aliphatic rings. The van der Waals surface area contributed by atoms with Crippen LogP contribution in [0, 0.1) is 17.8 Å². The third-order valence-electron chi connectivity index (χ3n) is 9.90. The predicted octanol–water partition coefficient (Wildman–Crippen LogP) is 5.95. The number of rotatable bonds is 20. The smallest absolute Gasteiger partial charge is 0.226 e. The Bertz CT molecular complexity index is 1800. The van der Waals surface area contributed by atoms with Crippen LogP contribution in [0.25, 0.3) is 0 Å². The van der Waals surface area contributed by atoms with Crippen LogP contribution in [0.15, 0.2) is 109 Å². The number of hydrogen-bond donors (Lipinski definition) is 1. The number of hydrogen-bond acceptors (Lipinski definition) is 7. The number of amides is 1. The number of nitrogens with one attached hydrogen (secondary N) is 1. The number of carbonyl (C=O) groups excluding carboxylic acids is 5. The predicted molar refractivity (Wildman–Crippen MR) is 199 cm³/mol. The number of benzene rings is 4. The summed E-state index contributed by atoms with van der Waals surface area (Å²) in [5.74, 6) is -3.28. The summed E-state index contributed by atoms with van der Waals surface area (Å²) in [6, 6.07) is 32.9. The van der Waals surface area contributed by atoms with E-state index in [1.807, 2.05) is 97.1 Å². The molecule has 52 heavy (non-hydrogen) atoms. The monoisotopic (exact) mass is 701 g/mol. The SMILES string of the molecule is COC[C@H](CC(=O)C1Cc2ccccc2C1)C(=O)N[C@@H](Cc1ccc(OC)cc1)C(=O)C[C@@H](Cc1ccccc1)C(=O)C(=O)CCc1ccccc1. The van der Waals surface area contributed by atoms with Crippen LogP contribution in [0.3, 0.4) is 0 Å². The maximum Gasteiger partial charge on any atom is 0.226 e. The minimum absolute atomic E-state index is 0.00568. The van der Waals surface area contributed by atoms with Crippen molar-refractivity contribution >= 4 is 29.0 Å². The molecule has 270 valence electrons. The topological polar surface area (TPSA) is 116 Å². The minimum Gasteiger partial charge on any atom is -0.497 e. The first-order valence-electron chi connectivity index (χ1n) is 17.9. The summed E-state index contributed by atoms with van der Waals surface area (Å²) < 4.78 is 10.7. The zero-order chi connectivity index (χ0) is 36.9. The lowest BCUT2D eigenvalue weighted by atomic mass is 9.85. The summed E-state index contributed by atoms with van der Waals surface area (Å²) in [5.41, 5.74) is 4.84. The van der Waals surface area contributed by atoms with E-state index in [2.05, 4.69) is 5.32 Å². The van der Waals surface area contributed by atoms with E-state index in [1.54, 1.807) is 19.2 Å². The fourth-order valence-corrected chi connectivity index (χ4v) is 6.95. The maximum atomic E-state index is 14.2. The molecule has 5 rings (SSSR count). The number of Topliss-reactive ketones (excluding diaryl/α,β-unsaturated/α-hetero) is 4. The molecule has 0 heterocycles. The summed E-state index contributed by atoms with van der Waals surface area (Å²) in [5, 5.41) is 2.93. The van der Waals surface area contributed by atoms with Crippen molar-refractivity contribution in [3.05, 3.63) is 137 Å². The molecule has 0 radical (unpaired) electrons. The van der Waals surface area contributed by atoms with E-state index >= 15 is 0 Å². The average molecular weight is 702 g/mol. The molecule has 1 aliphatic carbocycles. The molecule has 1 amide bonds. The summed E-state index contributed by atoms with van der Waals surface area (Å²) in [6.45, 7) is 0.00568. The largest absolute Gasteiger partial charge is 0.497 e. The summed E-state index contributed by atoms with van der Waals surface area (Å²) >= 11 is 0. The van der Waals surface area contributed by atoms with Gasteiger partial charge in [-0.25, -0.2) is 0 Å². The Hall–Kier alpha value is -5.21. The lowest BCUT2D eigenvalue weighted by Gasteiger charge is -2.24. The molecule has 4 aromatic carbocycles. The zero-order valence-electron chi connectivity index (χ0n) is 29.9. The van der Waals surface area contributed by atoms with Gasteiger partial charge in [0.2, 0.25) is 11.7 Å². The first kappa shape index (κ1) is 38.0. The first-order chi connectivity index (χ1) is 25.2. The van der Waals surface area contributed by atoms with Crippen LogP contribution in [-0.2, 0) is 60.8 Å². The molecule has 4 aromatic rings. The van der Waals surface area contributed by atoms with E-state index < -0.39 is 35.4 Å². The van der Waals surface area contributed by atoms with Crippen molar-refractivity contribution in [2.45, 2.75) is 57.4 Å². The van der Waals surface area contributed by atoms with E-state index in [0.29, 0.717) is 25.0 Å². The van der Waals surface area contributed by atoms with E-state index in [4.69, 9.17) is 9.47 Å². The van der Waals surface area contributed by atoms with Crippen LogP contribution >= 0.6 is 0 Å². The third kappa shape index (κ3) is 10.7. The number of ketones is 4. The Morgan fingerprint density at radius 1 is 0.673 bits per heavy atom. The van der Waals surface area contributed by atoms with Gasteiger partial charge in [0.25, 0.3) is 0 Å². The van der Waals surface area contributed by atoms with Gasteiger partial charge in [-0.15, -0.1) is 0 Å². The minimum atomic E-state index is -1.02. The van der Waals surface area contributed by atoms with Gasteiger partial charge in [-0.3, -0.25) is 24.0 Å². The summed E-state index contributed by atoms with van der Waals surface area (Å²) in [6.07, 6.45) is 1.82. The van der Waals surface area contributed by atoms with Crippen molar-refractivity contribution in [3.8, 4) is 5.75 Å². The lowest BCUT2D eigenvalue weighted by molar-refractivity contribution is -0.140. The number of aryl methyl sites for hydroxylation is 1. The molecule has 0 fully saturated rings. The normalized spacial score (nSPS) is 14.1. The zero-order valence-corrected chi connectivity index (χ0v) is 29.9. The Balaban J connectivity index is 1.33. The fourth-order valence-electron chi connectivity index (χ4n) is 6.95. The van der Waals surface area contributed by atoms with Crippen LogP contribution in [0.4, 0.5) is 0 Å². The van der Waals surface area contributed by atoms with Crippen molar-refractivity contribution < 1.29 is 33.4 Å². The van der Waals surface area contributed by atoms with E-state index in [-0.39, 0.29) is 56.2 Å². The maximum absolute atomic E-state index is 14.2. The van der Waals surface area contributed by atoms with Crippen molar-refractivity contribution in [1.29, 1.82) is 0 Å². The Morgan fingerprint density at radius 2 is 1.25 bits per heavy atom. The molecule has 8 nitrogen and oxygen atoms in total. The first-order valence-corrected chi connectivity index (χ1v) is 17.9. The van der Waals surface area contributed by atoms with Gasteiger partial charge < -0.3 is 14.8 Å². The quantitative estimate of drug-likeness (QED) is 0.113. The van der Waals surface area contributed by atoms with E-state index in [0.717, 1.165) is 27.8 Å². The molecule has 1 N–H and O–H groups in total. The highest BCUT2D eigenvalue weighted by atomic mass is 16.5. The number of fused-ring (bicyclic) bond motifs is 1. The number of methoxy groups -OCH3 is 2. The van der Waals surface area contributed by atoms with Crippen LogP contribution < -0.4 is 10.1 Å². The molecular weight excluding hydrogens is 654 g/mol. The highest BCUT2D eigenvalue weighted by molar-refractivity contribution is 6.38. The van der Waals surface area contributed by atoms with Crippen molar-refractivity contribution in [1.82, 2.24) is 5.32 Å². The van der Waals surface area contributed by atoms with Crippen LogP contribution in [-0.4, -0.2) is 55.9 Å². The van der Waals surface area contributed by atoms with Crippen LogP contribution in [0.1, 0.15) is 47.1 Å². The van der Waals surface area contributed by atoms with Crippen LogP contribution in [0.2, 0.25) is 0 Å². The van der Waals surface area contributed by atoms with Gasteiger partial charge in [0.15, 0.2) is 11.6 Å². The standard InChI is InChI=1S/C44H47NO7/c1-51-29-37(28-41(47)35-25-33-15-9-10-16-34(33)26-35)44(50)45-39(24-32-17-20-38(52-2)21-18-32)42(48)27-36(23-31-13-7-4-8-14-31)43(49)40(46)22-19-30-11-5-3-6-12-30/h3-18,20-21,35-37,39H,19,22-29H2,1-2H3,(H,45,50)/t36-,37+,39+/m1/s1. The molecule has 0 unspecified atom stereocenters. The molecule has 0 spiro atoms. The van der Waals surface area contributed by atoms with Gasteiger partial charge in [0.05, 0.1) is 25.7 Å². The molecule has 0 saturated carbocycles. The van der Waals surface area contributed by atoms with Crippen molar-refractivity contribution in [3.63, 3.8) is 0 Å². The molecule has 3 atom stereocenters. The fraction of sp³-hybridized carbons (Fsp3) is 0.341. The summed E-state index contributed by atoms with van der Waals surface area (Å²) in [7, 11) is 3.04. The van der Waals surface area contributed by atoms with E-state index in [1.165, 1.54) is 7.11 Å². The second-order valence-electron chi connectivity index (χ2n) is 13.6. The Labute approximate surface area is 305 Å². The Morgan fingerprint density at radius 3 is 1.85 bits per heavy atom. The summed E-state index contributed by atoms with van der Waals surface area (Å²) in [4.78, 5) is 68.7. The highest BCUT2D eigenvalue weighted by Crippen LogP contribution is 2.29. The van der Waals surface area contributed by atoms with Gasteiger partial charge >= 0.3 is 0 Å². The van der Waals surface area contributed by atoms with Gasteiger partial charge in [0.1, 0.15) is 11.5 Å². The molecule has 8 heteroatoms. The molecule has 0 aliphatic heterocycles. The lowest BCUT2D eigenvalue weighted by Crippen LogP contribution is -2.47. The van der Waals surface area contributed by atoms with Gasteiger partial charge in [-0.05, 0) is 72.1 Å². The van der Waals surface area contributed by atoms with Crippen LogP contribution in [0.5, 0.6) is 5.75 Å². The molecule has 0 saturated heterocycles. The number of ether oxygens (including phenoxy) is 2. The highest BCUT2D eigenvalue weighted by Gasteiger charge is 2.34. The van der Waals surface area contributed by atoms with Gasteiger partial charge in [0, 0.05) is 38.2 Å². The molecule has 0 aromatic heterocycles. The Kier molecular flexibility index (Phi) is 13.8. The van der Waals surface area contributed by atoms with Crippen molar-refractivity contribution in [2.75, 3.05) is 20.8 Å². The second kappa shape index (κ2) is 18.9. The molecular formula is C44H47NO7. The average Bonchev–Trinajstić information content (AvgIpc) is 3.62.